The molecule has 1 heterocycles. The number of H-pyrrole nitrogens is 1. The Morgan fingerprint density at radius 3 is 2.04 bits per heavy atom. The number of nitrogens with zero attached hydrogens (tertiary/aromatic N) is 2. The molecule has 0 aliphatic heterocycles. The van der Waals surface area contributed by atoms with Gasteiger partial charge in [-0.1, -0.05) is 116 Å². The average molecular weight is 700 g/mol. The zero-order valence-electron chi connectivity index (χ0n) is 29.2. The number of rotatable bonds is 16. The van der Waals surface area contributed by atoms with Gasteiger partial charge in [-0.15, -0.1) is 0 Å². The number of imidazole rings is 1. The van der Waals surface area contributed by atoms with E-state index in [-0.39, 0.29) is 38.1 Å². The third-order valence-corrected chi connectivity index (χ3v) is 9.31. The molecule has 6 rings (SSSR count). The Morgan fingerprint density at radius 2 is 1.40 bits per heavy atom. The number of hydrogen-bond acceptors (Lipinski definition) is 6. The molecule has 0 spiro atoms. The van der Waals surface area contributed by atoms with E-state index in [1.54, 1.807) is 6.20 Å². The van der Waals surface area contributed by atoms with Crippen molar-refractivity contribution < 1.29 is 23.9 Å². The van der Waals surface area contributed by atoms with Crippen LogP contribution in [0.5, 0.6) is 5.75 Å². The Labute approximate surface area is 304 Å². The normalized spacial score (nSPS) is 13.8. The van der Waals surface area contributed by atoms with Crippen LogP contribution >= 0.6 is 0 Å². The van der Waals surface area contributed by atoms with Crippen LogP contribution in [-0.4, -0.2) is 45.4 Å². The molecule has 1 saturated carbocycles. The van der Waals surface area contributed by atoms with Crippen LogP contribution in [0.1, 0.15) is 59.7 Å². The summed E-state index contributed by atoms with van der Waals surface area (Å²) in [7, 11) is 0. The van der Waals surface area contributed by atoms with Crippen molar-refractivity contribution in [3.63, 3.8) is 0 Å². The monoisotopic (exact) mass is 699 g/mol. The number of aromatic amines is 1. The maximum absolute atomic E-state index is 14.5. The summed E-state index contributed by atoms with van der Waals surface area (Å²) < 4.78 is 11.5. The second kappa shape index (κ2) is 18.4. The predicted octanol–water partition coefficient (Wildman–Crippen LogP) is 6.90. The number of amides is 3. The zero-order valence-corrected chi connectivity index (χ0v) is 29.2. The van der Waals surface area contributed by atoms with Gasteiger partial charge >= 0.3 is 6.09 Å². The van der Waals surface area contributed by atoms with Crippen molar-refractivity contribution in [2.75, 3.05) is 6.54 Å². The summed E-state index contributed by atoms with van der Waals surface area (Å²) in [4.78, 5) is 50.2. The SMILES string of the molecule is O=C(CN(Cc1ccc(OCc2ccccc2)cc1)C(=O)C(Cc1c[nH]cn1)NC(=O)OCc1ccccc1)NC(c1ccccc1)C1CCCC1. The Morgan fingerprint density at radius 1 is 0.769 bits per heavy atom. The molecule has 10 heteroatoms. The smallest absolute Gasteiger partial charge is 0.408 e. The lowest BCUT2D eigenvalue weighted by Crippen LogP contribution is -2.52. The Balaban J connectivity index is 1.20. The van der Waals surface area contributed by atoms with Crippen LogP contribution in [-0.2, 0) is 40.5 Å². The van der Waals surface area contributed by atoms with Crippen molar-refractivity contribution in [1.29, 1.82) is 0 Å². The summed E-state index contributed by atoms with van der Waals surface area (Å²) in [5, 5.41) is 6.03. The van der Waals surface area contributed by atoms with Gasteiger partial charge in [0, 0.05) is 19.2 Å². The fourth-order valence-electron chi connectivity index (χ4n) is 6.62. The van der Waals surface area contributed by atoms with Crippen LogP contribution in [0.4, 0.5) is 4.79 Å². The highest BCUT2D eigenvalue weighted by molar-refractivity contribution is 5.90. The zero-order chi connectivity index (χ0) is 36.0. The summed E-state index contributed by atoms with van der Waals surface area (Å²) in [6.07, 6.45) is 6.86. The number of carbonyl (C=O) groups excluding carboxylic acids is 3. The lowest BCUT2D eigenvalue weighted by Gasteiger charge is -2.30. The molecule has 268 valence electrons. The second-order valence-corrected chi connectivity index (χ2v) is 13.1. The molecule has 2 unspecified atom stereocenters. The minimum atomic E-state index is -1.05. The van der Waals surface area contributed by atoms with Gasteiger partial charge in [0.25, 0.3) is 0 Å². The molecule has 4 aromatic carbocycles. The van der Waals surface area contributed by atoms with Crippen LogP contribution in [0.25, 0.3) is 0 Å². The first kappa shape index (κ1) is 35.9. The molecule has 52 heavy (non-hydrogen) atoms. The number of aromatic nitrogens is 2. The van der Waals surface area contributed by atoms with Gasteiger partial charge in [0.1, 0.15) is 25.0 Å². The molecule has 3 N–H and O–H groups in total. The summed E-state index contributed by atoms with van der Waals surface area (Å²) in [6, 6.07) is 35.5. The molecule has 10 nitrogen and oxygen atoms in total. The summed E-state index contributed by atoms with van der Waals surface area (Å²) in [6.45, 7) is 0.389. The van der Waals surface area contributed by atoms with Gasteiger partial charge in [-0.3, -0.25) is 9.59 Å². The third kappa shape index (κ3) is 10.6. The standard InChI is InChI=1S/C42H45N5O5/c48-39(46-40(35-18-10-11-19-35)34-16-8-3-9-17-34)27-47(26-31-20-22-37(23-21-31)51-28-32-12-4-1-5-13-32)41(49)38(24-36-25-43-30-44-36)45-42(50)52-29-33-14-6-2-7-15-33/h1-9,12-17,20-23,25,30,35,38,40H,10-11,18-19,24,26-29H2,(H,43,44)(H,45,50)(H,46,48). The van der Waals surface area contributed by atoms with E-state index in [1.165, 1.54) is 11.2 Å². The van der Waals surface area contributed by atoms with Gasteiger partial charge in [-0.2, -0.15) is 0 Å². The molecule has 1 fully saturated rings. The number of benzene rings is 4. The van der Waals surface area contributed by atoms with Crippen LogP contribution in [0, 0.1) is 5.92 Å². The minimum absolute atomic E-state index is 0.0445. The first-order valence-electron chi connectivity index (χ1n) is 17.8. The van der Waals surface area contributed by atoms with E-state index in [4.69, 9.17) is 9.47 Å². The number of hydrogen-bond donors (Lipinski definition) is 3. The van der Waals surface area contributed by atoms with E-state index in [2.05, 4.69) is 20.6 Å². The maximum atomic E-state index is 14.5. The van der Waals surface area contributed by atoms with Crippen molar-refractivity contribution in [3.05, 3.63) is 156 Å². The van der Waals surface area contributed by atoms with Crippen molar-refractivity contribution in [1.82, 2.24) is 25.5 Å². The highest BCUT2D eigenvalue weighted by Crippen LogP contribution is 2.35. The summed E-state index contributed by atoms with van der Waals surface area (Å²) in [5.41, 5.74) is 4.30. The number of nitrogens with one attached hydrogen (secondary N) is 3. The number of ether oxygens (including phenoxy) is 2. The van der Waals surface area contributed by atoms with Gasteiger partial charge in [-0.25, -0.2) is 9.78 Å². The van der Waals surface area contributed by atoms with Gasteiger partial charge in [-0.05, 0) is 53.1 Å². The lowest BCUT2D eigenvalue weighted by molar-refractivity contribution is -0.138. The maximum Gasteiger partial charge on any atom is 0.408 e. The molecule has 0 radical (unpaired) electrons. The minimum Gasteiger partial charge on any atom is -0.489 e. The highest BCUT2D eigenvalue weighted by atomic mass is 16.5. The molecule has 1 aliphatic carbocycles. The average Bonchev–Trinajstić information content (AvgIpc) is 3.92. The van der Waals surface area contributed by atoms with Gasteiger partial charge in [0.15, 0.2) is 0 Å². The van der Waals surface area contributed by atoms with Gasteiger partial charge < -0.3 is 30.0 Å². The molecule has 0 bridgehead atoms. The Hall–Kier alpha value is -5.90. The molecular formula is C42H45N5O5. The molecule has 1 aliphatic rings. The molecule has 3 amide bonds. The summed E-state index contributed by atoms with van der Waals surface area (Å²) in [5.74, 6) is 0.288. The largest absolute Gasteiger partial charge is 0.489 e. The van der Waals surface area contributed by atoms with Crippen LogP contribution < -0.4 is 15.4 Å². The number of carbonyl (C=O) groups is 3. The van der Waals surface area contributed by atoms with Crippen molar-refractivity contribution in [2.45, 2.75) is 63.9 Å². The van der Waals surface area contributed by atoms with Crippen molar-refractivity contribution in [3.8, 4) is 5.75 Å². The molecular weight excluding hydrogens is 654 g/mol. The predicted molar refractivity (Wildman–Crippen MR) is 198 cm³/mol. The Bertz CT molecular complexity index is 1830. The number of alkyl carbamates (subject to hydrolysis) is 1. The van der Waals surface area contributed by atoms with E-state index in [0.29, 0.717) is 24.0 Å². The first-order chi connectivity index (χ1) is 25.5. The highest BCUT2D eigenvalue weighted by Gasteiger charge is 2.32. The van der Waals surface area contributed by atoms with Crippen LogP contribution in [0.15, 0.2) is 128 Å². The van der Waals surface area contributed by atoms with Gasteiger partial charge in [0.2, 0.25) is 11.8 Å². The van der Waals surface area contributed by atoms with E-state index in [1.807, 2.05) is 115 Å². The van der Waals surface area contributed by atoms with E-state index >= 15 is 0 Å². The quantitative estimate of drug-likeness (QED) is 0.103. The topological polar surface area (TPSA) is 126 Å². The summed E-state index contributed by atoms with van der Waals surface area (Å²) >= 11 is 0. The van der Waals surface area contributed by atoms with Crippen molar-refractivity contribution >= 4 is 17.9 Å². The fourth-order valence-corrected chi connectivity index (χ4v) is 6.62. The van der Waals surface area contributed by atoms with Gasteiger partial charge in [0.05, 0.1) is 24.6 Å². The molecule has 0 saturated heterocycles. The second-order valence-electron chi connectivity index (χ2n) is 13.1. The van der Waals surface area contributed by atoms with Crippen molar-refractivity contribution in [2.24, 2.45) is 5.92 Å². The molecule has 1 aromatic heterocycles. The molecule has 2 atom stereocenters. The van der Waals surface area contributed by atoms with Crippen LogP contribution in [0.2, 0.25) is 0 Å². The van der Waals surface area contributed by atoms with Crippen LogP contribution in [0.3, 0.4) is 0 Å². The first-order valence-corrected chi connectivity index (χ1v) is 17.8. The Kier molecular flexibility index (Phi) is 12.7. The molecule has 5 aromatic rings. The van der Waals surface area contributed by atoms with E-state index in [9.17, 15) is 14.4 Å². The lowest BCUT2D eigenvalue weighted by atomic mass is 9.91. The van der Waals surface area contributed by atoms with E-state index < -0.39 is 18.0 Å². The van der Waals surface area contributed by atoms with E-state index in [0.717, 1.165) is 47.9 Å². The third-order valence-electron chi connectivity index (χ3n) is 9.31. The fraction of sp³-hybridized carbons (Fsp3) is 0.286.